The van der Waals surface area contributed by atoms with Gasteiger partial charge in [-0.2, -0.15) is 0 Å². The van der Waals surface area contributed by atoms with Crippen LogP contribution in [0.15, 0.2) is 18.2 Å². The van der Waals surface area contributed by atoms with Gasteiger partial charge in [-0.1, -0.05) is 32.0 Å². The molecule has 0 atom stereocenters. The minimum atomic E-state index is -0.614. The molecule has 0 spiro atoms. The molecule has 1 aromatic rings. The van der Waals surface area contributed by atoms with Gasteiger partial charge in [0.2, 0.25) is 0 Å². The number of methoxy groups -OCH3 is 1. The SMILES string of the molecule is COCC(C)(C)CO[SiH2]c1cccc(C)c1C. The van der Waals surface area contributed by atoms with Crippen molar-refractivity contribution in [3.8, 4) is 0 Å². The van der Waals surface area contributed by atoms with Gasteiger partial charge in [0, 0.05) is 19.1 Å². The first kappa shape index (κ1) is 14.4. The highest BCUT2D eigenvalue weighted by molar-refractivity contribution is 6.47. The molecule has 1 aromatic carbocycles. The first-order valence-corrected chi connectivity index (χ1v) is 7.36. The van der Waals surface area contributed by atoms with Gasteiger partial charge in [0.05, 0.1) is 6.61 Å². The van der Waals surface area contributed by atoms with E-state index in [1.807, 2.05) is 0 Å². The van der Waals surface area contributed by atoms with Crippen LogP contribution >= 0.6 is 0 Å². The van der Waals surface area contributed by atoms with Crippen molar-refractivity contribution >= 4 is 14.9 Å². The van der Waals surface area contributed by atoms with Crippen LogP contribution in [-0.4, -0.2) is 30.1 Å². The predicted octanol–water partition coefficient (Wildman–Crippen LogP) is 1.70. The molecule has 0 saturated carbocycles. The molecule has 0 radical (unpaired) electrons. The Labute approximate surface area is 107 Å². The van der Waals surface area contributed by atoms with Crippen molar-refractivity contribution in [1.29, 1.82) is 0 Å². The van der Waals surface area contributed by atoms with Gasteiger partial charge in [0.15, 0.2) is 9.76 Å². The Morgan fingerprint density at radius 2 is 1.88 bits per heavy atom. The molecular weight excluding hydrogens is 228 g/mol. The van der Waals surface area contributed by atoms with Crippen LogP contribution < -0.4 is 5.19 Å². The lowest BCUT2D eigenvalue weighted by Crippen LogP contribution is -2.29. The van der Waals surface area contributed by atoms with Gasteiger partial charge in [-0.15, -0.1) is 0 Å². The van der Waals surface area contributed by atoms with Crippen LogP contribution in [0.3, 0.4) is 0 Å². The maximum absolute atomic E-state index is 5.93. The zero-order chi connectivity index (χ0) is 12.9. The second-order valence-corrected chi connectivity index (χ2v) is 6.91. The van der Waals surface area contributed by atoms with Gasteiger partial charge in [-0.3, -0.25) is 0 Å². The third kappa shape index (κ3) is 4.62. The van der Waals surface area contributed by atoms with E-state index < -0.39 is 9.76 Å². The van der Waals surface area contributed by atoms with Gasteiger partial charge in [-0.05, 0) is 30.2 Å². The van der Waals surface area contributed by atoms with Gasteiger partial charge in [-0.25, -0.2) is 0 Å². The van der Waals surface area contributed by atoms with E-state index in [1.165, 1.54) is 16.3 Å². The summed E-state index contributed by atoms with van der Waals surface area (Å²) in [5.74, 6) is 0. The molecule has 96 valence electrons. The minimum absolute atomic E-state index is 0.111. The highest BCUT2D eigenvalue weighted by atomic mass is 28.2. The molecular formula is C14H24O2Si. The van der Waals surface area contributed by atoms with Crippen molar-refractivity contribution in [2.75, 3.05) is 20.3 Å². The Balaban J connectivity index is 2.49. The number of hydrogen-bond donors (Lipinski definition) is 0. The summed E-state index contributed by atoms with van der Waals surface area (Å²) in [6.07, 6.45) is 0. The molecule has 0 amide bonds. The van der Waals surface area contributed by atoms with Crippen LogP contribution in [-0.2, 0) is 9.16 Å². The minimum Gasteiger partial charge on any atom is -0.418 e. The normalized spacial score (nSPS) is 12.5. The Bertz CT molecular complexity index is 361. The quantitative estimate of drug-likeness (QED) is 0.718. The van der Waals surface area contributed by atoms with Gasteiger partial charge in [0.1, 0.15) is 0 Å². The second kappa shape index (κ2) is 6.33. The molecule has 0 aromatic heterocycles. The summed E-state index contributed by atoms with van der Waals surface area (Å²) in [5, 5.41) is 1.42. The van der Waals surface area contributed by atoms with Crippen LogP contribution in [0.2, 0.25) is 0 Å². The van der Waals surface area contributed by atoms with E-state index in [2.05, 4.69) is 45.9 Å². The Kier molecular flexibility index (Phi) is 5.37. The number of ether oxygens (including phenoxy) is 1. The molecule has 0 saturated heterocycles. The molecule has 0 unspecified atom stereocenters. The summed E-state index contributed by atoms with van der Waals surface area (Å²) in [7, 11) is 1.13. The predicted molar refractivity (Wildman–Crippen MR) is 75.7 cm³/mol. The summed E-state index contributed by atoms with van der Waals surface area (Å²) < 4.78 is 11.1. The van der Waals surface area contributed by atoms with Crippen molar-refractivity contribution in [2.45, 2.75) is 27.7 Å². The van der Waals surface area contributed by atoms with E-state index in [0.717, 1.165) is 13.2 Å². The lowest BCUT2D eigenvalue weighted by atomic mass is 9.97. The molecule has 0 heterocycles. The van der Waals surface area contributed by atoms with Crippen molar-refractivity contribution in [1.82, 2.24) is 0 Å². The first-order chi connectivity index (χ1) is 7.96. The molecule has 0 aliphatic carbocycles. The van der Waals surface area contributed by atoms with Crippen LogP contribution in [0.1, 0.15) is 25.0 Å². The zero-order valence-electron chi connectivity index (χ0n) is 11.7. The monoisotopic (exact) mass is 252 g/mol. The molecule has 1 rings (SSSR count). The van der Waals surface area contributed by atoms with Crippen molar-refractivity contribution in [3.05, 3.63) is 29.3 Å². The topological polar surface area (TPSA) is 18.5 Å². The Morgan fingerprint density at radius 3 is 2.53 bits per heavy atom. The van der Waals surface area contributed by atoms with Crippen LogP contribution in [0.5, 0.6) is 0 Å². The van der Waals surface area contributed by atoms with Crippen LogP contribution in [0.25, 0.3) is 0 Å². The average Bonchev–Trinajstić information content (AvgIpc) is 2.24. The molecule has 0 aliphatic heterocycles. The van der Waals surface area contributed by atoms with Crippen molar-refractivity contribution < 1.29 is 9.16 Å². The summed E-state index contributed by atoms with van der Waals surface area (Å²) in [5.41, 5.74) is 2.86. The Hall–Kier alpha value is -0.643. The summed E-state index contributed by atoms with van der Waals surface area (Å²) in [6, 6.07) is 6.47. The van der Waals surface area contributed by atoms with E-state index in [9.17, 15) is 0 Å². The maximum Gasteiger partial charge on any atom is 0.192 e. The zero-order valence-corrected chi connectivity index (χ0v) is 13.1. The largest absolute Gasteiger partial charge is 0.418 e. The fourth-order valence-electron chi connectivity index (χ4n) is 1.84. The molecule has 0 fully saturated rings. The highest BCUT2D eigenvalue weighted by Gasteiger charge is 2.17. The first-order valence-electron chi connectivity index (χ1n) is 6.08. The molecule has 2 nitrogen and oxygen atoms in total. The van der Waals surface area contributed by atoms with Crippen LogP contribution in [0, 0.1) is 19.3 Å². The van der Waals surface area contributed by atoms with Gasteiger partial charge < -0.3 is 9.16 Å². The third-order valence-corrected chi connectivity index (χ3v) is 4.49. The summed E-state index contributed by atoms with van der Waals surface area (Å²) >= 11 is 0. The number of benzene rings is 1. The van der Waals surface area contributed by atoms with E-state index in [-0.39, 0.29) is 5.41 Å². The van der Waals surface area contributed by atoms with Gasteiger partial charge >= 0.3 is 0 Å². The molecule has 17 heavy (non-hydrogen) atoms. The third-order valence-electron chi connectivity index (χ3n) is 3.00. The van der Waals surface area contributed by atoms with E-state index >= 15 is 0 Å². The fraction of sp³-hybridized carbons (Fsp3) is 0.571. The summed E-state index contributed by atoms with van der Waals surface area (Å²) in [4.78, 5) is 0. The van der Waals surface area contributed by atoms with E-state index in [1.54, 1.807) is 7.11 Å². The molecule has 3 heteroatoms. The fourth-order valence-corrected chi connectivity index (χ4v) is 3.44. The molecule has 0 bridgehead atoms. The number of rotatable bonds is 6. The van der Waals surface area contributed by atoms with E-state index in [0.29, 0.717) is 0 Å². The number of aryl methyl sites for hydroxylation is 1. The molecule has 0 N–H and O–H groups in total. The lowest BCUT2D eigenvalue weighted by molar-refractivity contribution is 0.0664. The second-order valence-electron chi connectivity index (χ2n) is 5.45. The standard InChI is InChI=1S/C14H24O2Si/c1-11-7-6-8-13(12(11)2)17-16-10-14(3,4)9-15-5/h6-8H,9-10,17H2,1-5H3. The maximum atomic E-state index is 5.93. The Morgan fingerprint density at radius 1 is 1.18 bits per heavy atom. The van der Waals surface area contributed by atoms with Gasteiger partial charge in [0.25, 0.3) is 0 Å². The molecule has 0 aliphatic rings. The van der Waals surface area contributed by atoms with E-state index in [4.69, 9.17) is 9.16 Å². The smallest absolute Gasteiger partial charge is 0.192 e. The van der Waals surface area contributed by atoms with Crippen molar-refractivity contribution in [2.24, 2.45) is 5.41 Å². The average molecular weight is 252 g/mol. The van der Waals surface area contributed by atoms with Crippen LogP contribution in [0.4, 0.5) is 0 Å². The summed E-state index contributed by atoms with van der Waals surface area (Å²) in [6.45, 7) is 10.2. The highest BCUT2D eigenvalue weighted by Crippen LogP contribution is 2.15. The lowest BCUT2D eigenvalue weighted by Gasteiger charge is -2.23. The van der Waals surface area contributed by atoms with Crippen molar-refractivity contribution in [3.63, 3.8) is 0 Å². The number of hydrogen-bond acceptors (Lipinski definition) is 2.